The second kappa shape index (κ2) is 9.32. The summed E-state index contributed by atoms with van der Waals surface area (Å²) in [5, 5.41) is 4.16. The van der Waals surface area contributed by atoms with Gasteiger partial charge < -0.3 is 4.74 Å². The fourth-order valence-electron chi connectivity index (χ4n) is 2.46. The largest absolute Gasteiger partial charge is 0.484 e. The second-order valence-corrected chi connectivity index (χ2v) is 7.16. The van der Waals surface area contributed by atoms with Crippen LogP contribution in [0.4, 0.5) is 0 Å². The van der Waals surface area contributed by atoms with Crippen LogP contribution in [0.25, 0.3) is 11.1 Å². The molecule has 0 atom stereocenters. The van der Waals surface area contributed by atoms with E-state index in [9.17, 15) is 4.79 Å². The molecule has 5 heteroatoms. The van der Waals surface area contributed by atoms with Crippen LogP contribution in [0.5, 0.6) is 5.75 Å². The molecule has 0 aliphatic rings. The minimum Gasteiger partial charge on any atom is -0.484 e. The molecule has 27 heavy (non-hydrogen) atoms. The van der Waals surface area contributed by atoms with E-state index in [0.29, 0.717) is 5.75 Å². The van der Waals surface area contributed by atoms with Crippen molar-refractivity contribution in [3.8, 4) is 16.9 Å². The summed E-state index contributed by atoms with van der Waals surface area (Å²) in [6.07, 6.45) is 0. The molecule has 1 N–H and O–H groups in total. The Bertz CT molecular complexity index is 921. The minimum absolute atomic E-state index is 0.0791. The van der Waals surface area contributed by atoms with E-state index in [1.807, 2.05) is 73.7 Å². The molecule has 0 fully saturated rings. The number of carbonyl (C=O) groups excluding carboxylic acids is 1. The summed E-state index contributed by atoms with van der Waals surface area (Å²) in [5.41, 5.74) is 6.52. The quantitative estimate of drug-likeness (QED) is 0.317. The van der Waals surface area contributed by atoms with Gasteiger partial charge in [0.15, 0.2) is 6.61 Å². The maximum atomic E-state index is 11.9. The summed E-state index contributed by atoms with van der Waals surface area (Å²) in [7, 11) is 0. The van der Waals surface area contributed by atoms with Crippen molar-refractivity contribution in [1.82, 2.24) is 5.43 Å². The molecule has 1 amide bonds. The average Bonchev–Trinajstić information content (AvgIpc) is 2.72. The predicted molar refractivity (Wildman–Crippen MR) is 117 cm³/mol. The zero-order valence-electron chi connectivity index (χ0n) is 14.9. The van der Waals surface area contributed by atoms with Gasteiger partial charge in [-0.05, 0) is 70.5 Å². The van der Waals surface area contributed by atoms with Gasteiger partial charge in [-0.25, -0.2) is 5.43 Å². The highest BCUT2D eigenvalue weighted by Crippen LogP contribution is 2.19. The third kappa shape index (κ3) is 5.65. The number of nitrogens with zero attached hydrogens (tertiary/aromatic N) is 1. The Morgan fingerprint density at radius 3 is 2.22 bits per heavy atom. The molecule has 0 spiro atoms. The van der Waals surface area contributed by atoms with Crippen LogP contribution in [0, 0.1) is 3.57 Å². The molecule has 0 aliphatic carbocycles. The van der Waals surface area contributed by atoms with Gasteiger partial charge >= 0.3 is 0 Å². The Morgan fingerprint density at radius 2 is 1.56 bits per heavy atom. The van der Waals surface area contributed by atoms with E-state index in [-0.39, 0.29) is 12.5 Å². The lowest BCUT2D eigenvalue weighted by atomic mass is 10.0. The van der Waals surface area contributed by atoms with Gasteiger partial charge in [0.1, 0.15) is 5.75 Å². The van der Waals surface area contributed by atoms with Gasteiger partial charge in [-0.2, -0.15) is 5.10 Å². The van der Waals surface area contributed by atoms with Crippen molar-refractivity contribution in [1.29, 1.82) is 0 Å². The summed E-state index contributed by atoms with van der Waals surface area (Å²) in [5.74, 6) is 0.358. The molecule has 0 saturated carbocycles. The van der Waals surface area contributed by atoms with E-state index in [1.165, 1.54) is 5.56 Å². The van der Waals surface area contributed by atoms with Gasteiger partial charge in [0.05, 0.1) is 5.71 Å². The van der Waals surface area contributed by atoms with E-state index in [0.717, 1.165) is 20.4 Å². The molecular weight excluding hydrogens is 451 g/mol. The number of amides is 1. The van der Waals surface area contributed by atoms with Crippen LogP contribution in [-0.2, 0) is 4.79 Å². The number of ether oxygens (including phenoxy) is 1. The normalized spacial score (nSPS) is 11.1. The van der Waals surface area contributed by atoms with Crippen LogP contribution < -0.4 is 10.2 Å². The zero-order valence-corrected chi connectivity index (χ0v) is 17.0. The first kappa shape index (κ1) is 19.1. The smallest absolute Gasteiger partial charge is 0.277 e. The Hall–Kier alpha value is -2.67. The fraction of sp³-hybridized carbons (Fsp3) is 0.0909. The molecule has 136 valence electrons. The number of hydrogen-bond acceptors (Lipinski definition) is 3. The predicted octanol–water partition coefficient (Wildman–Crippen LogP) is 4.88. The summed E-state index contributed by atoms with van der Waals surface area (Å²) < 4.78 is 6.55. The first-order chi connectivity index (χ1) is 13.1. The standard InChI is InChI=1S/C22H19IN2O2/c1-16(17-7-9-19(10-8-17)18-5-3-2-4-6-18)24-25-22(26)15-27-21-13-11-20(23)12-14-21/h2-14H,15H2,1H3,(H,25,26)/b24-16+. The molecular formula is C22H19IN2O2. The minimum atomic E-state index is -0.297. The Morgan fingerprint density at radius 1 is 0.926 bits per heavy atom. The summed E-state index contributed by atoms with van der Waals surface area (Å²) in [6.45, 7) is 1.78. The van der Waals surface area contributed by atoms with E-state index in [2.05, 4.69) is 45.3 Å². The molecule has 0 unspecified atom stereocenters. The number of nitrogens with one attached hydrogen (secondary N) is 1. The number of hydrogen-bond donors (Lipinski definition) is 1. The lowest BCUT2D eigenvalue weighted by Gasteiger charge is -2.07. The molecule has 0 aliphatic heterocycles. The SMILES string of the molecule is C/C(=N\NC(=O)COc1ccc(I)cc1)c1ccc(-c2ccccc2)cc1. The highest BCUT2D eigenvalue weighted by Gasteiger charge is 2.04. The molecule has 0 saturated heterocycles. The summed E-state index contributed by atoms with van der Waals surface area (Å²) >= 11 is 2.22. The van der Waals surface area contributed by atoms with Crippen molar-refractivity contribution in [2.45, 2.75) is 6.92 Å². The lowest BCUT2D eigenvalue weighted by molar-refractivity contribution is -0.123. The van der Waals surface area contributed by atoms with Crippen molar-refractivity contribution >= 4 is 34.2 Å². The first-order valence-electron chi connectivity index (χ1n) is 8.49. The van der Waals surface area contributed by atoms with Crippen LogP contribution >= 0.6 is 22.6 Å². The van der Waals surface area contributed by atoms with Crippen LogP contribution in [0.15, 0.2) is 84.0 Å². The molecule has 3 rings (SSSR count). The number of halogens is 1. The van der Waals surface area contributed by atoms with Crippen LogP contribution in [0.3, 0.4) is 0 Å². The zero-order chi connectivity index (χ0) is 19.1. The summed E-state index contributed by atoms with van der Waals surface area (Å²) in [4.78, 5) is 11.9. The maximum Gasteiger partial charge on any atom is 0.277 e. The van der Waals surface area contributed by atoms with Crippen molar-refractivity contribution in [2.24, 2.45) is 5.10 Å². The van der Waals surface area contributed by atoms with Crippen molar-refractivity contribution in [3.05, 3.63) is 88.0 Å². The molecule has 0 radical (unpaired) electrons. The van der Waals surface area contributed by atoms with Crippen LogP contribution in [-0.4, -0.2) is 18.2 Å². The molecule has 4 nitrogen and oxygen atoms in total. The van der Waals surface area contributed by atoms with Crippen molar-refractivity contribution in [2.75, 3.05) is 6.61 Å². The number of hydrazone groups is 1. The first-order valence-corrected chi connectivity index (χ1v) is 9.57. The Labute approximate surface area is 172 Å². The third-order valence-electron chi connectivity index (χ3n) is 3.94. The molecule has 3 aromatic rings. The van der Waals surface area contributed by atoms with E-state index >= 15 is 0 Å². The molecule has 0 aromatic heterocycles. The average molecular weight is 470 g/mol. The van der Waals surface area contributed by atoms with Gasteiger partial charge in [-0.15, -0.1) is 0 Å². The maximum absolute atomic E-state index is 11.9. The topological polar surface area (TPSA) is 50.7 Å². The van der Waals surface area contributed by atoms with E-state index in [4.69, 9.17) is 4.74 Å². The van der Waals surface area contributed by atoms with E-state index < -0.39 is 0 Å². The van der Waals surface area contributed by atoms with E-state index in [1.54, 1.807) is 0 Å². The van der Waals surface area contributed by atoms with Crippen LogP contribution in [0.2, 0.25) is 0 Å². The highest BCUT2D eigenvalue weighted by atomic mass is 127. The third-order valence-corrected chi connectivity index (χ3v) is 4.66. The van der Waals surface area contributed by atoms with Crippen molar-refractivity contribution in [3.63, 3.8) is 0 Å². The molecule has 0 bridgehead atoms. The number of rotatable bonds is 6. The van der Waals surface area contributed by atoms with Gasteiger partial charge in [0.25, 0.3) is 5.91 Å². The lowest BCUT2D eigenvalue weighted by Crippen LogP contribution is -2.25. The highest BCUT2D eigenvalue weighted by molar-refractivity contribution is 14.1. The molecule has 0 heterocycles. The molecule has 3 aromatic carbocycles. The van der Waals surface area contributed by atoms with Gasteiger partial charge in [-0.3, -0.25) is 4.79 Å². The summed E-state index contributed by atoms with van der Waals surface area (Å²) in [6, 6.07) is 25.8. The number of carbonyl (C=O) groups is 1. The second-order valence-electron chi connectivity index (χ2n) is 5.92. The fourth-order valence-corrected chi connectivity index (χ4v) is 2.82. The Balaban J connectivity index is 1.55. The monoisotopic (exact) mass is 470 g/mol. The number of benzene rings is 3. The Kier molecular flexibility index (Phi) is 6.59. The van der Waals surface area contributed by atoms with Gasteiger partial charge in [0, 0.05) is 3.57 Å². The van der Waals surface area contributed by atoms with Crippen LogP contribution in [0.1, 0.15) is 12.5 Å². The van der Waals surface area contributed by atoms with Crippen molar-refractivity contribution < 1.29 is 9.53 Å². The van der Waals surface area contributed by atoms with Gasteiger partial charge in [0.2, 0.25) is 0 Å². The van der Waals surface area contributed by atoms with Gasteiger partial charge in [-0.1, -0.05) is 54.6 Å².